The van der Waals surface area contributed by atoms with Crippen molar-refractivity contribution in [1.82, 2.24) is 9.97 Å². The van der Waals surface area contributed by atoms with Crippen LogP contribution in [0.3, 0.4) is 0 Å². The molecule has 2 rings (SSSR count). The number of aryl methyl sites for hydroxylation is 1. The quantitative estimate of drug-likeness (QED) is 0.829. The van der Waals surface area contributed by atoms with Crippen molar-refractivity contribution in [2.75, 3.05) is 11.2 Å². The summed E-state index contributed by atoms with van der Waals surface area (Å²) in [5, 5.41) is 3.06. The second kappa shape index (κ2) is 7.20. The van der Waals surface area contributed by atoms with E-state index in [9.17, 15) is 4.39 Å². The van der Waals surface area contributed by atoms with Gasteiger partial charge in [0, 0.05) is 11.9 Å². The highest BCUT2D eigenvalue weighted by atomic mass is 35.5. The molecule has 5 heteroatoms. The Labute approximate surface area is 123 Å². The molecule has 0 saturated heterocycles. The Morgan fingerprint density at radius 1 is 1.25 bits per heavy atom. The van der Waals surface area contributed by atoms with Crippen molar-refractivity contribution in [3.63, 3.8) is 0 Å². The number of nitrogens with one attached hydrogen (secondary N) is 1. The Balaban J connectivity index is 2.10. The van der Waals surface area contributed by atoms with Gasteiger partial charge in [0.2, 0.25) is 0 Å². The van der Waals surface area contributed by atoms with E-state index in [1.165, 1.54) is 6.33 Å². The molecular weight excluding hydrogens is 277 g/mol. The van der Waals surface area contributed by atoms with E-state index in [0.717, 1.165) is 12.0 Å². The normalized spacial score (nSPS) is 12.2. The van der Waals surface area contributed by atoms with Crippen molar-refractivity contribution in [1.29, 1.82) is 0 Å². The van der Waals surface area contributed by atoms with E-state index >= 15 is 0 Å². The summed E-state index contributed by atoms with van der Waals surface area (Å²) in [5.41, 5.74) is 1.56. The minimum atomic E-state index is -0.391. The predicted molar refractivity (Wildman–Crippen MR) is 79.6 cm³/mol. The second-order valence-corrected chi connectivity index (χ2v) is 4.83. The van der Waals surface area contributed by atoms with Gasteiger partial charge in [-0.2, -0.15) is 0 Å². The lowest BCUT2D eigenvalue weighted by Gasteiger charge is -2.17. The van der Waals surface area contributed by atoms with E-state index in [4.69, 9.17) is 11.6 Å². The molecule has 0 spiro atoms. The molecule has 0 saturated carbocycles. The molecule has 0 radical (unpaired) electrons. The third-order valence-electron chi connectivity index (χ3n) is 3.05. The van der Waals surface area contributed by atoms with Crippen LogP contribution in [-0.4, -0.2) is 21.9 Å². The Kier molecular flexibility index (Phi) is 5.30. The molecule has 1 N–H and O–H groups in total. The Hall–Kier alpha value is -1.68. The van der Waals surface area contributed by atoms with Crippen LogP contribution < -0.4 is 5.32 Å². The number of nitrogens with zero attached hydrogens (tertiary/aromatic N) is 2. The maximum absolute atomic E-state index is 14.1. The fourth-order valence-corrected chi connectivity index (χ4v) is 2.18. The fourth-order valence-electron chi connectivity index (χ4n) is 1.99. The monoisotopic (exact) mass is 293 g/mol. The van der Waals surface area contributed by atoms with Crippen LogP contribution in [0.1, 0.15) is 18.2 Å². The summed E-state index contributed by atoms with van der Waals surface area (Å²) in [5.74, 6) is 0.205. The summed E-state index contributed by atoms with van der Waals surface area (Å²) in [6, 6.07) is 9.88. The molecule has 0 amide bonds. The number of hydrogen-bond acceptors (Lipinski definition) is 3. The smallest absolute Gasteiger partial charge is 0.186 e. The molecule has 106 valence electrons. The molecule has 1 aromatic carbocycles. The van der Waals surface area contributed by atoms with Gasteiger partial charge in [0.15, 0.2) is 11.6 Å². The summed E-state index contributed by atoms with van der Waals surface area (Å²) in [4.78, 5) is 7.88. The number of benzene rings is 1. The first-order valence-electron chi connectivity index (χ1n) is 6.60. The van der Waals surface area contributed by atoms with E-state index in [1.54, 1.807) is 0 Å². The maximum atomic E-state index is 14.1. The molecule has 0 fully saturated rings. The number of halogens is 2. The summed E-state index contributed by atoms with van der Waals surface area (Å²) >= 11 is 5.97. The molecular formula is C15H17ClFN3. The van der Waals surface area contributed by atoms with Crippen LogP contribution in [0.25, 0.3) is 0 Å². The summed E-state index contributed by atoms with van der Waals surface area (Å²) in [6.45, 7) is 1.86. The van der Waals surface area contributed by atoms with Crippen LogP contribution in [0.4, 0.5) is 10.2 Å². The molecule has 1 aromatic heterocycles. The summed E-state index contributed by atoms with van der Waals surface area (Å²) in [6.07, 6.45) is 2.63. The molecule has 2 aromatic rings. The van der Waals surface area contributed by atoms with Crippen molar-refractivity contribution < 1.29 is 4.39 Å². The maximum Gasteiger partial charge on any atom is 0.186 e. The lowest BCUT2D eigenvalue weighted by molar-refractivity contribution is 0.593. The molecule has 0 aliphatic carbocycles. The Morgan fingerprint density at radius 3 is 2.65 bits per heavy atom. The molecule has 1 unspecified atom stereocenters. The van der Waals surface area contributed by atoms with E-state index in [1.807, 2.05) is 37.3 Å². The van der Waals surface area contributed by atoms with Crippen LogP contribution in [0.15, 0.2) is 36.7 Å². The van der Waals surface area contributed by atoms with E-state index in [2.05, 4.69) is 15.3 Å². The first-order valence-corrected chi connectivity index (χ1v) is 7.13. The van der Waals surface area contributed by atoms with Gasteiger partial charge >= 0.3 is 0 Å². The highest BCUT2D eigenvalue weighted by Gasteiger charge is 2.14. The topological polar surface area (TPSA) is 37.8 Å². The third kappa shape index (κ3) is 3.67. The van der Waals surface area contributed by atoms with Crippen LogP contribution in [-0.2, 0) is 12.8 Å². The molecule has 3 nitrogen and oxygen atoms in total. The van der Waals surface area contributed by atoms with E-state index < -0.39 is 5.82 Å². The molecule has 1 atom stereocenters. The molecule has 0 aliphatic rings. The fraction of sp³-hybridized carbons (Fsp3) is 0.333. The van der Waals surface area contributed by atoms with E-state index in [0.29, 0.717) is 18.0 Å². The van der Waals surface area contributed by atoms with Gasteiger partial charge in [-0.1, -0.05) is 37.3 Å². The first-order chi connectivity index (χ1) is 9.74. The van der Waals surface area contributed by atoms with Gasteiger partial charge in [-0.05, 0) is 18.4 Å². The van der Waals surface area contributed by atoms with Gasteiger partial charge < -0.3 is 5.32 Å². The largest absolute Gasteiger partial charge is 0.363 e. The lowest BCUT2D eigenvalue weighted by Crippen LogP contribution is -2.25. The van der Waals surface area contributed by atoms with Gasteiger partial charge in [-0.3, -0.25) is 0 Å². The number of alkyl halides is 1. The number of hydrogen-bond donors (Lipinski definition) is 1. The standard InChI is InChI=1S/C15H17ClFN3/c1-2-13-14(17)15(19-10-18-13)20-12(9-16)8-11-6-4-3-5-7-11/h3-7,10,12H,2,8-9H2,1H3,(H,18,19,20). The van der Waals surface area contributed by atoms with Crippen LogP contribution >= 0.6 is 11.6 Å². The van der Waals surface area contributed by atoms with E-state index in [-0.39, 0.29) is 11.9 Å². The van der Waals surface area contributed by atoms with Gasteiger partial charge in [-0.25, -0.2) is 14.4 Å². The van der Waals surface area contributed by atoms with Gasteiger partial charge in [0.25, 0.3) is 0 Å². The predicted octanol–water partition coefficient (Wildman–Crippen LogP) is 3.44. The van der Waals surface area contributed by atoms with Crippen molar-refractivity contribution in [3.05, 3.63) is 53.7 Å². The highest BCUT2D eigenvalue weighted by molar-refractivity contribution is 6.18. The van der Waals surface area contributed by atoms with Crippen molar-refractivity contribution >= 4 is 17.4 Å². The Morgan fingerprint density at radius 2 is 2.00 bits per heavy atom. The average molecular weight is 294 g/mol. The minimum absolute atomic E-state index is 0.0758. The molecule has 20 heavy (non-hydrogen) atoms. The lowest BCUT2D eigenvalue weighted by atomic mass is 10.1. The summed E-state index contributed by atoms with van der Waals surface area (Å²) < 4.78 is 14.1. The first kappa shape index (κ1) is 14.7. The van der Waals surface area contributed by atoms with Crippen molar-refractivity contribution in [3.8, 4) is 0 Å². The number of aromatic nitrogens is 2. The van der Waals surface area contributed by atoms with Crippen molar-refractivity contribution in [2.24, 2.45) is 0 Å². The Bertz CT molecular complexity index is 548. The van der Waals surface area contributed by atoms with Crippen LogP contribution in [0, 0.1) is 5.82 Å². The second-order valence-electron chi connectivity index (χ2n) is 4.52. The van der Waals surface area contributed by atoms with Crippen molar-refractivity contribution in [2.45, 2.75) is 25.8 Å². The molecule has 0 bridgehead atoms. The molecule has 0 aliphatic heterocycles. The minimum Gasteiger partial charge on any atom is -0.363 e. The van der Waals surface area contributed by atoms with Gasteiger partial charge in [0.05, 0.1) is 5.69 Å². The zero-order chi connectivity index (χ0) is 14.4. The number of rotatable bonds is 6. The average Bonchev–Trinajstić information content (AvgIpc) is 2.49. The van der Waals surface area contributed by atoms with Gasteiger partial charge in [0.1, 0.15) is 6.33 Å². The van der Waals surface area contributed by atoms with Crippen LogP contribution in [0.2, 0.25) is 0 Å². The SMILES string of the molecule is CCc1ncnc(NC(CCl)Cc2ccccc2)c1F. The highest BCUT2D eigenvalue weighted by Crippen LogP contribution is 2.16. The zero-order valence-corrected chi connectivity index (χ0v) is 12.1. The zero-order valence-electron chi connectivity index (χ0n) is 11.3. The number of anilines is 1. The van der Waals surface area contributed by atoms with Crippen LogP contribution in [0.5, 0.6) is 0 Å². The summed E-state index contributed by atoms with van der Waals surface area (Å²) in [7, 11) is 0. The molecule has 1 heterocycles. The van der Waals surface area contributed by atoms with Gasteiger partial charge in [-0.15, -0.1) is 11.6 Å². The third-order valence-corrected chi connectivity index (χ3v) is 3.42.